The van der Waals surface area contributed by atoms with Gasteiger partial charge in [-0.3, -0.25) is 14.7 Å². The molecule has 1 aromatic heterocycles. The maximum absolute atomic E-state index is 12.8. The average Bonchev–Trinajstić information content (AvgIpc) is 3.15. The van der Waals surface area contributed by atoms with Crippen LogP contribution in [0.5, 0.6) is 0 Å². The fourth-order valence-corrected chi connectivity index (χ4v) is 5.46. The number of carboxylic acids is 1. The van der Waals surface area contributed by atoms with Gasteiger partial charge in [0, 0.05) is 32.3 Å². The Morgan fingerprint density at radius 1 is 1.08 bits per heavy atom. The van der Waals surface area contributed by atoms with Crippen LogP contribution in [0.1, 0.15) is 62.3 Å². The highest BCUT2D eigenvalue weighted by molar-refractivity contribution is 5.77. The van der Waals surface area contributed by atoms with E-state index >= 15 is 0 Å². The zero-order valence-electron chi connectivity index (χ0n) is 20.8. The van der Waals surface area contributed by atoms with Crippen molar-refractivity contribution >= 4 is 11.9 Å². The number of hydrogen-bond acceptors (Lipinski definition) is 4. The zero-order chi connectivity index (χ0) is 26.3. The van der Waals surface area contributed by atoms with Gasteiger partial charge in [-0.25, -0.2) is 4.79 Å². The van der Waals surface area contributed by atoms with Crippen LogP contribution >= 0.6 is 0 Å². The molecule has 0 saturated carbocycles. The largest absolute Gasteiger partial charge is 0.490 e. The Labute approximate surface area is 210 Å². The molecule has 4 rings (SSSR count). The molecule has 1 unspecified atom stereocenters. The van der Waals surface area contributed by atoms with Gasteiger partial charge >= 0.3 is 12.1 Å². The molecule has 1 aliphatic heterocycles. The standard InChI is InChI=1S/C25H33N3O.C2HF3O2/c1-3-28(4-2)24(29)17-20-18-25(23-11-6-5-10-22(20)23)12-15-27(16-13-25)19-21-9-7-8-14-26-21;3-2(4,5)1(6)7/h5-11,14,20H,3-4,12-13,15-19H2,1-2H3;(H,6,7). The highest BCUT2D eigenvalue weighted by Gasteiger charge is 2.45. The van der Waals surface area contributed by atoms with Crippen molar-refractivity contribution in [2.75, 3.05) is 26.2 Å². The Morgan fingerprint density at radius 2 is 1.69 bits per heavy atom. The number of carboxylic acid groups (broad SMARTS) is 1. The second kappa shape index (κ2) is 11.9. The number of nitrogens with zero attached hydrogens (tertiary/aromatic N) is 3. The predicted octanol–water partition coefficient (Wildman–Crippen LogP) is 4.99. The molecule has 6 nitrogen and oxygen atoms in total. The van der Waals surface area contributed by atoms with Gasteiger partial charge in [0.15, 0.2) is 0 Å². The normalized spacial score (nSPS) is 18.8. The third-order valence-electron chi connectivity index (χ3n) is 7.31. The number of pyridine rings is 1. The lowest BCUT2D eigenvalue weighted by Crippen LogP contribution is -2.41. The molecule has 1 atom stereocenters. The molecule has 36 heavy (non-hydrogen) atoms. The Hall–Kier alpha value is -2.94. The molecule has 1 saturated heterocycles. The third kappa shape index (κ3) is 6.63. The van der Waals surface area contributed by atoms with E-state index in [-0.39, 0.29) is 5.41 Å². The number of hydrogen-bond donors (Lipinski definition) is 1. The van der Waals surface area contributed by atoms with Crippen molar-refractivity contribution in [2.24, 2.45) is 0 Å². The maximum atomic E-state index is 12.8. The first-order valence-electron chi connectivity index (χ1n) is 12.4. The van der Waals surface area contributed by atoms with Crippen molar-refractivity contribution in [3.63, 3.8) is 0 Å². The second-order valence-corrected chi connectivity index (χ2v) is 9.44. The van der Waals surface area contributed by atoms with Crippen LogP contribution in [0.4, 0.5) is 13.2 Å². The summed E-state index contributed by atoms with van der Waals surface area (Å²) in [7, 11) is 0. The Kier molecular flexibility index (Phi) is 9.11. The summed E-state index contributed by atoms with van der Waals surface area (Å²) in [5, 5.41) is 7.12. The van der Waals surface area contributed by atoms with Crippen molar-refractivity contribution in [1.82, 2.24) is 14.8 Å². The fraction of sp³-hybridized carbons (Fsp3) is 0.519. The van der Waals surface area contributed by atoms with Gasteiger partial charge in [-0.15, -0.1) is 0 Å². The number of piperidine rings is 1. The molecule has 1 spiro atoms. The number of amides is 1. The fourth-order valence-electron chi connectivity index (χ4n) is 5.46. The van der Waals surface area contributed by atoms with Crippen LogP contribution in [0.3, 0.4) is 0 Å². The van der Waals surface area contributed by atoms with Gasteiger partial charge < -0.3 is 10.0 Å². The number of rotatable bonds is 6. The molecule has 196 valence electrons. The first kappa shape index (κ1) is 27.6. The summed E-state index contributed by atoms with van der Waals surface area (Å²) in [6.45, 7) is 8.88. The zero-order valence-corrected chi connectivity index (χ0v) is 20.8. The van der Waals surface area contributed by atoms with Gasteiger partial charge in [-0.1, -0.05) is 30.3 Å². The number of benzene rings is 1. The Bertz CT molecular complexity index is 1020. The molecule has 1 aromatic carbocycles. The van der Waals surface area contributed by atoms with E-state index in [1.165, 1.54) is 24.0 Å². The molecule has 0 bridgehead atoms. The van der Waals surface area contributed by atoms with E-state index in [0.717, 1.165) is 44.8 Å². The van der Waals surface area contributed by atoms with Gasteiger partial charge in [0.25, 0.3) is 0 Å². The highest BCUT2D eigenvalue weighted by Crippen LogP contribution is 2.52. The maximum Gasteiger partial charge on any atom is 0.490 e. The van der Waals surface area contributed by atoms with Crippen LogP contribution in [0.25, 0.3) is 0 Å². The molecule has 2 aromatic rings. The monoisotopic (exact) mass is 505 g/mol. The van der Waals surface area contributed by atoms with Crippen LogP contribution < -0.4 is 0 Å². The van der Waals surface area contributed by atoms with E-state index in [1.54, 1.807) is 0 Å². The highest BCUT2D eigenvalue weighted by atomic mass is 19.4. The minimum Gasteiger partial charge on any atom is -0.475 e. The van der Waals surface area contributed by atoms with Crippen molar-refractivity contribution in [3.05, 3.63) is 65.5 Å². The van der Waals surface area contributed by atoms with E-state index in [0.29, 0.717) is 18.2 Å². The van der Waals surface area contributed by atoms with Gasteiger partial charge in [-0.2, -0.15) is 13.2 Å². The number of carbonyl (C=O) groups is 2. The van der Waals surface area contributed by atoms with Crippen LogP contribution in [-0.2, 0) is 21.5 Å². The predicted molar refractivity (Wildman–Crippen MR) is 130 cm³/mol. The third-order valence-corrected chi connectivity index (χ3v) is 7.31. The molecule has 1 amide bonds. The van der Waals surface area contributed by atoms with E-state index < -0.39 is 12.1 Å². The van der Waals surface area contributed by atoms with Gasteiger partial charge in [-0.05, 0) is 80.8 Å². The van der Waals surface area contributed by atoms with Crippen molar-refractivity contribution < 1.29 is 27.9 Å². The topological polar surface area (TPSA) is 73.7 Å². The van der Waals surface area contributed by atoms with Crippen molar-refractivity contribution in [1.29, 1.82) is 0 Å². The van der Waals surface area contributed by atoms with E-state index in [4.69, 9.17) is 9.90 Å². The average molecular weight is 506 g/mol. The van der Waals surface area contributed by atoms with Gasteiger partial charge in [0.1, 0.15) is 0 Å². The Balaban J connectivity index is 0.000000454. The van der Waals surface area contributed by atoms with E-state index in [2.05, 4.69) is 60.1 Å². The van der Waals surface area contributed by atoms with Gasteiger partial charge in [0.2, 0.25) is 5.91 Å². The molecular formula is C27H34F3N3O3. The minimum atomic E-state index is -5.08. The first-order chi connectivity index (χ1) is 17.1. The molecular weight excluding hydrogens is 471 g/mol. The summed E-state index contributed by atoms with van der Waals surface area (Å²) in [4.78, 5) is 30.7. The number of likely N-dealkylation sites (tertiary alicyclic amines) is 1. The smallest absolute Gasteiger partial charge is 0.475 e. The summed E-state index contributed by atoms with van der Waals surface area (Å²) < 4.78 is 31.7. The first-order valence-corrected chi connectivity index (χ1v) is 12.4. The van der Waals surface area contributed by atoms with Crippen LogP contribution in [0, 0.1) is 0 Å². The lowest BCUT2D eigenvalue weighted by molar-refractivity contribution is -0.192. The lowest BCUT2D eigenvalue weighted by atomic mass is 9.73. The van der Waals surface area contributed by atoms with Crippen molar-refractivity contribution in [3.8, 4) is 0 Å². The number of aliphatic carboxylic acids is 1. The SMILES string of the molecule is CCN(CC)C(=O)CC1CC2(CCN(Cc3ccccn3)CC2)c2ccccc21.O=C(O)C(F)(F)F. The Morgan fingerprint density at radius 3 is 2.25 bits per heavy atom. The van der Waals surface area contributed by atoms with E-state index in [9.17, 15) is 18.0 Å². The molecule has 9 heteroatoms. The molecule has 1 aliphatic carbocycles. The van der Waals surface area contributed by atoms with Crippen molar-refractivity contribution in [2.45, 2.75) is 63.6 Å². The molecule has 1 N–H and O–H groups in total. The molecule has 2 aliphatic rings. The second-order valence-electron chi connectivity index (χ2n) is 9.44. The van der Waals surface area contributed by atoms with Crippen LogP contribution in [-0.4, -0.2) is 64.1 Å². The summed E-state index contributed by atoms with van der Waals surface area (Å²) in [6, 6.07) is 15.1. The summed E-state index contributed by atoms with van der Waals surface area (Å²) in [5.41, 5.74) is 4.32. The van der Waals surface area contributed by atoms with Crippen LogP contribution in [0.2, 0.25) is 0 Å². The summed E-state index contributed by atoms with van der Waals surface area (Å²) >= 11 is 0. The van der Waals surface area contributed by atoms with Gasteiger partial charge in [0.05, 0.1) is 5.69 Å². The number of alkyl halides is 3. The number of fused-ring (bicyclic) bond motifs is 2. The molecule has 0 radical (unpaired) electrons. The van der Waals surface area contributed by atoms with Crippen LogP contribution in [0.15, 0.2) is 48.7 Å². The molecule has 2 heterocycles. The quantitative estimate of drug-likeness (QED) is 0.599. The number of aromatic nitrogens is 1. The molecule has 1 fully saturated rings. The summed E-state index contributed by atoms with van der Waals surface area (Å²) in [5.74, 6) is -2.09. The summed E-state index contributed by atoms with van der Waals surface area (Å²) in [6.07, 6.45) is 0.917. The van der Waals surface area contributed by atoms with E-state index in [1.807, 2.05) is 17.2 Å². The number of carbonyl (C=O) groups excluding carboxylic acids is 1. The lowest BCUT2D eigenvalue weighted by Gasteiger charge is -2.40. The number of halogens is 3. The minimum absolute atomic E-state index is 0.241.